The molecule has 2 N–H and O–H groups in total. The molecule has 1 aromatic carbocycles. The fraction of sp³-hybridized carbons (Fsp3) is 0.600. The number of hydrogen-bond acceptors (Lipinski definition) is 5. The third-order valence-electron chi connectivity index (χ3n) is 4.00. The van der Waals surface area contributed by atoms with Gasteiger partial charge in [-0.3, -0.25) is 10.1 Å². The van der Waals surface area contributed by atoms with E-state index >= 15 is 0 Å². The molecule has 0 unspecified atom stereocenters. The average molecular weight is 411 g/mol. The minimum Gasteiger partial charge on any atom is -0.444 e. The van der Waals surface area contributed by atoms with Gasteiger partial charge in [-0.25, -0.2) is 4.79 Å². The minimum absolute atomic E-state index is 0.0967. The molecule has 0 bridgehead atoms. The number of hydrogen-bond donors (Lipinski definition) is 2. The SMILES string of the molecule is CC(C)(C)OC(=O)Nc1ccc(CNC(=O)CCCC[C@@H]2CCSS2)cc1. The number of carbonyl (C=O) groups excluding carboxylic acids is 2. The molecule has 1 aliphatic heterocycles. The predicted molar refractivity (Wildman–Crippen MR) is 115 cm³/mol. The summed E-state index contributed by atoms with van der Waals surface area (Å²) in [6.45, 7) is 5.97. The number of carbonyl (C=O) groups is 2. The summed E-state index contributed by atoms with van der Waals surface area (Å²) in [5.74, 6) is 1.36. The maximum Gasteiger partial charge on any atom is 0.412 e. The smallest absolute Gasteiger partial charge is 0.412 e. The topological polar surface area (TPSA) is 67.4 Å². The second-order valence-corrected chi connectivity index (χ2v) is 10.5. The summed E-state index contributed by atoms with van der Waals surface area (Å²) in [4.78, 5) is 23.7. The summed E-state index contributed by atoms with van der Waals surface area (Å²) in [5, 5.41) is 6.44. The lowest BCUT2D eigenvalue weighted by molar-refractivity contribution is -0.121. The number of ether oxygens (including phenoxy) is 1. The van der Waals surface area contributed by atoms with E-state index in [0.29, 0.717) is 18.7 Å². The Hall–Kier alpha value is -1.34. The maximum absolute atomic E-state index is 12.0. The van der Waals surface area contributed by atoms with E-state index in [1.807, 2.05) is 66.6 Å². The van der Waals surface area contributed by atoms with Gasteiger partial charge >= 0.3 is 6.09 Å². The van der Waals surface area contributed by atoms with E-state index in [9.17, 15) is 9.59 Å². The molecule has 0 saturated carbocycles. The zero-order valence-corrected chi connectivity index (χ0v) is 18.0. The quantitative estimate of drug-likeness (QED) is 0.446. The van der Waals surface area contributed by atoms with Crippen molar-refractivity contribution in [3.63, 3.8) is 0 Å². The molecule has 7 heteroatoms. The maximum atomic E-state index is 12.0. The minimum atomic E-state index is -0.525. The van der Waals surface area contributed by atoms with Crippen LogP contribution in [0.5, 0.6) is 0 Å². The summed E-state index contributed by atoms with van der Waals surface area (Å²) in [7, 11) is 3.96. The molecule has 0 spiro atoms. The molecular formula is C20H30N2O3S2. The van der Waals surface area contributed by atoms with Crippen LogP contribution in [0.4, 0.5) is 10.5 Å². The van der Waals surface area contributed by atoms with E-state index < -0.39 is 11.7 Å². The Labute approximate surface area is 170 Å². The van der Waals surface area contributed by atoms with Crippen LogP contribution < -0.4 is 10.6 Å². The van der Waals surface area contributed by atoms with Crippen molar-refractivity contribution in [1.29, 1.82) is 0 Å². The van der Waals surface area contributed by atoms with Gasteiger partial charge in [0.15, 0.2) is 0 Å². The first-order valence-corrected chi connectivity index (χ1v) is 11.8. The van der Waals surface area contributed by atoms with Crippen LogP contribution in [0.1, 0.15) is 58.4 Å². The molecule has 0 aliphatic carbocycles. The highest BCUT2D eigenvalue weighted by molar-refractivity contribution is 8.77. The van der Waals surface area contributed by atoms with Gasteiger partial charge in [0.05, 0.1) is 0 Å². The standard InChI is InChI=1S/C20H30N2O3S2/c1-20(2,3)25-19(24)22-16-10-8-15(9-11-16)14-21-18(23)7-5-4-6-17-12-13-26-27-17/h8-11,17H,4-7,12-14H2,1-3H3,(H,21,23)(H,22,24)/t17-/m1/s1. The largest absolute Gasteiger partial charge is 0.444 e. The molecule has 1 saturated heterocycles. The number of amides is 2. The Kier molecular flexibility index (Phi) is 8.83. The van der Waals surface area contributed by atoms with Gasteiger partial charge in [0.1, 0.15) is 5.60 Å². The van der Waals surface area contributed by atoms with E-state index in [1.165, 1.54) is 18.6 Å². The zero-order valence-electron chi connectivity index (χ0n) is 16.4. The van der Waals surface area contributed by atoms with Crippen LogP contribution in [-0.2, 0) is 16.1 Å². The second-order valence-electron chi connectivity index (χ2n) is 7.68. The molecule has 1 aromatic rings. The van der Waals surface area contributed by atoms with Crippen LogP contribution in [0.2, 0.25) is 0 Å². The monoisotopic (exact) mass is 410 g/mol. The number of nitrogens with one attached hydrogen (secondary N) is 2. The Morgan fingerprint density at radius 3 is 2.56 bits per heavy atom. The molecule has 2 rings (SSSR count). The van der Waals surface area contributed by atoms with Crippen molar-refractivity contribution in [1.82, 2.24) is 5.32 Å². The third-order valence-corrected chi connectivity index (χ3v) is 7.00. The first-order chi connectivity index (χ1) is 12.8. The Morgan fingerprint density at radius 2 is 1.93 bits per heavy atom. The molecule has 1 heterocycles. The molecule has 150 valence electrons. The van der Waals surface area contributed by atoms with Crippen molar-refractivity contribution in [2.24, 2.45) is 0 Å². The highest BCUT2D eigenvalue weighted by Gasteiger charge is 2.16. The summed E-state index contributed by atoms with van der Waals surface area (Å²) in [6, 6.07) is 7.40. The number of benzene rings is 1. The predicted octanol–water partition coefficient (Wildman–Crippen LogP) is 5.36. The van der Waals surface area contributed by atoms with Gasteiger partial charge in [0, 0.05) is 29.7 Å². The van der Waals surface area contributed by atoms with E-state index in [4.69, 9.17) is 4.74 Å². The highest BCUT2D eigenvalue weighted by atomic mass is 33.1. The first kappa shape index (κ1) is 22.0. The molecule has 1 aliphatic rings. The lowest BCUT2D eigenvalue weighted by Crippen LogP contribution is -2.27. The van der Waals surface area contributed by atoms with Crippen LogP contribution in [-0.4, -0.2) is 28.6 Å². The normalized spacial score (nSPS) is 16.8. The lowest BCUT2D eigenvalue weighted by Gasteiger charge is -2.19. The summed E-state index contributed by atoms with van der Waals surface area (Å²) >= 11 is 0. The molecular weight excluding hydrogens is 380 g/mol. The van der Waals surface area contributed by atoms with Crippen molar-refractivity contribution >= 4 is 39.3 Å². The van der Waals surface area contributed by atoms with E-state index in [1.54, 1.807) is 0 Å². The summed E-state index contributed by atoms with van der Waals surface area (Å²) in [5.41, 5.74) is 1.14. The zero-order chi connectivity index (χ0) is 19.7. The average Bonchev–Trinajstić information content (AvgIpc) is 3.10. The van der Waals surface area contributed by atoms with Crippen LogP contribution in [0.25, 0.3) is 0 Å². The van der Waals surface area contributed by atoms with Crippen molar-refractivity contribution < 1.29 is 14.3 Å². The first-order valence-electron chi connectivity index (χ1n) is 9.46. The van der Waals surface area contributed by atoms with Crippen LogP contribution in [0.3, 0.4) is 0 Å². The Morgan fingerprint density at radius 1 is 1.19 bits per heavy atom. The van der Waals surface area contributed by atoms with Gasteiger partial charge in [-0.05, 0) is 57.7 Å². The van der Waals surface area contributed by atoms with E-state index in [2.05, 4.69) is 10.6 Å². The van der Waals surface area contributed by atoms with Gasteiger partial charge in [-0.15, -0.1) is 0 Å². The van der Waals surface area contributed by atoms with Gasteiger partial charge < -0.3 is 10.1 Å². The fourth-order valence-electron chi connectivity index (χ4n) is 2.64. The van der Waals surface area contributed by atoms with Crippen LogP contribution in [0.15, 0.2) is 24.3 Å². The van der Waals surface area contributed by atoms with Gasteiger partial charge in [-0.1, -0.05) is 40.1 Å². The van der Waals surface area contributed by atoms with Gasteiger partial charge in [0.2, 0.25) is 5.91 Å². The molecule has 5 nitrogen and oxygen atoms in total. The fourth-order valence-corrected chi connectivity index (χ4v) is 5.67. The van der Waals surface area contributed by atoms with Crippen LogP contribution >= 0.6 is 21.6 Å². The van der Waals surface area contributed by atoms with Gasteiger partial charge in [-0.2, -0.15) is 0 Å². The second kappa shape index (κ2) is 10.9. The number of anilines is 1. The van der Waals surface area contributed by atoms with E-state index in [-0.39, 0.29) is 5.91 Å². The molecule has 1 fully saturated rings. The molecule has 27 heavy (non-hydrogen) atoms. The Bertz CT molecular complexity index is 609. The van der Waals surface area contributed by atoms with Gasteiger partial charge in [0.25, 0.3) is 0 Å². The highest BCUT2D eigenvalue weighted by Crippen LogP contribution is 2.39. The summed E-state index contributed by atoms with van der Waals surface area (Å²) in [6.07, 6.45) is 4.71. The molecule has 1 atom stereocenters. The van der Waals surface area contributed by atoms with E-state index in [0.717, 1.165) is 23.7 Å². The number of rotatable bonds is 8. The van der Waals surface area contributed by atoms with Crippen molar-refractivity contribution in [3.05, 3.63) is 29.8 Å². The summed E-state index contributed by atoms with van der Waals surface area (Å²) < 4.78 is 5.22. The number of unbranched alkanes of at least 4 members (excludes halogenated alkanes) is 1. The third kappa shape index (κ3) is 9.42. The van der Waals surface area contributed by atoms with Crippen LogP contribution in [0, 0.1) is 0 Å². The van der Waals surface area contributed by atoms with Crippen molar-refractivity contribution in [2.45, 2.75) is 70.3 Å². The van der Waals surface area contributed by atoms with Crippen molar-refractivity contribution in [3.8, 4) is 0 Å². The Balaban J connectivity index is 1.62. The molecule has 0 aromatic heterocycles. The molecule has 2 amide bonds. The lowest BCUT2D eigenvalue weighted by atomic mass is 10.1. The van der Waals surface area contributed by atoms with Crippen molar-refractivity contribution in [2.75, 3.05) is 11.1 Å². The molecule has 0 radical (unpaired) electrons.